The second-order valence-corrected chi connectivity index (χ2v) is 11.3. The van der Waals surface area contributed by atoms with Crippen molar-refractivity contribution < 1.29 is 0 Å². The first-order valence-electron chi connectivity index (χ1n) is 13.7. The van der Waals surface area contributed by atoms with Gasteiger partial charge >= 0.3 is 0 Å². The average molecular weight is 450 g/mol. The summed E-state index contributed by atoms with van der Waals surface area (Å²) >= 11 is 0. The molecule has 1 saturated carbocycles. The lowest BCUT2D eigenvalue weighted by molar-refractivity contribution is 0.310. The molecule has 3 aliphatic rings. The molecule has 1 spiro atoms. The van der Waals surface area contributed by atoms with E-state index in [2.05, 4.69) is 73.3 Å². The van der Waals surface area contributed by atoms with Crippen LogP contribution in [0.5, 0.6) is 0 Å². The lowest BCUT2D eigenvalue weighted by atomic mass is 9.88. The molecule has 3 aromatic rings. The van der Waals surface area contributed by atoms with Crippen LogP contribution in [0.15, 0.2) is 54.6 Å². The van der Waals surface area contributed by atoms with Crippen molar-refractivity contribution >= 4 is 0 Å². The summed E-state index contributed by atoms with van der Waals surface area (Å²) in [6.45, 7) is 8.54. The standard InChI is InChI=1S/C33H39N/c1-3-25-21-28(16-15-26-11-7-12-29(24(26)2)27-9-5-4-6-10-27)30-13-8-14-31(30)32(25)22-34-20-19-33(23-34)17-18-33/h4-7,9-12,21H,3,8,13-20,22-23H2,1-2H3. The van der Waals surface area contributed by atoms with Crippen LogP contribution in [0.3, 0.4) is 0 Å². The van der Waals surface area contributed by atoms with Crippen molar-refractivity contribution in [2.45, 2.75) is 78.2 Å². The van der Waals surface area contributed by atoms with E-state index in [1.807, 2.05) is 0 Å². The van der Waals surface area contributed by atoms with Crippen LogP contribution in [0.4, 0.5) is 0 Å². The van der Waals surface area contributed by atoms with Crippen molar-refractivity contribution in [1.29, 1.82) is 0 Å². The van der Waals surface area contributed by atoms with Gasteiger partial charge < -0.3 is 0 Å². The fourth-order valence-electron chi connectivity index (χ4n) is 6.87. The Bertz CT molecular complexity index is 1180. The molecule has 1 heterocycles. The number of hydrogen-bond acceptors (Lipinski definition) is 1. The highest BCUT2D eigenvalue weighted by Crippen LogP contribution is 2.53. The largest absolute Gasteiger partial charge is 0.298 e. The van der Waals surface area contributed by atoms with Crippen LogP contribution in [0.25, 0.3) is 11.1 Å². The second kappa shape index (κ2) is 9.00. The molecule has 1 nitrogen and oxygen atoms in total. The minimum absolute atomic E-state index is 0.724. The summed E-state index contributed by atoms with van der Waals surface area (Å²) in [6, 6.07) is 20.3. The summed E-state index contributed by atoms with van der Waals surface area (Å²) < 4.78 is 0. The maximum absolute atomic E-state index is 2.78. The molecule has 6 rings (SSSR count). The SMILES string of the molecule is CCc1cc(CCc2cccc(-c3ccccc3)c2C)c2c(c1CN1CCC3(CC3)C1)CCC2. The Labute approximate surface area is 206 Å². The summed E-state index contributed by atoms with van der Waals surface area (Å²) in [5.41, 5.74) is 14.8. The maximum atomic E-state index is 2.78. The van der Waals surface area contributed by atoms with Crippen molar-refractivity contribution in [3.05, 3.63) is 93.5 Å². The molecular formula is C33H39N. The Kier molecular flexibility index (Phi) is 5.86. The third-order valence-electron chi connectivity index (χ3n) is 9.14. The van der Waals surface area contributed by atoms with E-state index in [0.29, 0.717) is 0 Å². The molecule has 0 radical (unpaired) electrons. The number of hydrogen-bond donors (Lipinski definition) is 0. The van der Waals surface area contributed by atoms with Gasteiger partial charge in [-0.15, -0.1) is 0 Å². The van der Waals surface area contributed by atoms with Gasteiger partial charge in [0.05, 0.1) is 0 Å². The maximum Gasteiger partial charge on any atom is 0.0239 e. The van der Waals surface area contributed by atoms with Crippen molar-refractivity contribution in [2.24, 2.45) is 5.41 Å². The third kappa shape index (κ3) is 4.13. The van der Waals surface area contributed by atoms with Gasteiger partial charge in [-0.2, -0.15) is 0 Å². The van der Waals surface area contributed by atoms with Crippen molar-refractivity contribution in [1.82, 2.24) is 4.90 Å². The van der Waals surface area contributed by atoms with Crippen molar-refractivity contribution in [3.8, 4) is 11.1 Å². The van der Waals surface area contributed by atoms with Gasteiger partial charge in [-0.05, 0) is 127 Å². The van der Waals surface area contributed by atoms with Crippen molar-refractivity contribution in [2.75, 3.05) is 13.1 Å². The second-order valence-electron chi connectivity index (χ2n) is 11.3. The van der Waals surface area contributed by atoms with E-state index in [4.69, 9.17) is 0 Å². The number of rotatable bonds is 7. The lowest BCUT2D eigenvalue weighted by Gasteiger charge is -2.23. The average Bonchev–Trinajstić information content (AvgIpc) is 3.25. The summed E-state index contributed by atoms with van der Waals surface area (Å²) in [5.74, 6) is 0. The van der Waals surface area contributed by atoms with Crippen LogP contribution in [0.2, 0.25) is 0 Å². The Hall–Kier alpha value is -2.38. The van der Waals surface area contributed by atoms with Crippen LogP contribution >= 0.6 is 0 Å². The number of likely N-dealkylation sites (tertiary alicyclic amines) is 1. The number of nitrogens with zero attached hydrogens (tertiary/aromatic N) is 1. The van der Waals surface area contributed by atoms with Crippen LogP contribution in [-0.2, 0) is 38.6 Å². The van der Waals surface area contributed by atoms with Gasteiger partial charge in [-0.3, -0.25) is 4.90 Å². The summed E-state index contributed by atoms with van der Waals surface area (Å²) in [6.07, 6.45) is 11.8. The molecule has 0 amide bonds. The Balaban J connectivity index is 1.25. The Morgan fingerprint density at radius 2 is 1.62 bits per heavy atom. The van der Waals surface area contributed by atoms with Crippen LogP contribution in [0.1, 0.15) is 71.6 Å². The first kappa shape index (κ1) is 22.1. The molecule has 0 atom stereocenters. The number of fused-ring (bicyclic) bond motifs is 1. The molecule has 1 heteroatoms. The highest BCUT2D eigenvalue weighted by molar-refractivity contribution is 5.68. The Morgan fingerprint density at radius 3 is 2.38 bits per heavy atom. The minimum Gasteiger partial charge on any atom is -0.298 e. The topological polar surface area (TPSA) is 3.24 Å². The number of benzene rings is 3. The fourth-order valence-corrected chi connectivity index (χ4v) is 6.87. The van der Waals surface area contributed by atoms with Crippen LogP contribution < -0.4 is 0 Å². The molecule has 0 aromatic heterocycles. The molecule has 34 heavy (non-hydrogen) atoms. The van der Waals surface area contributed by atoms with E-state index in [-0.39, 0.29) is 0 Å². The van der Waals surface area contributed by atoms with Crippen LogP contribution in [-0.4, -0.2) is 18.0 Å². The third-order valence-corrected chi connectivity index (χ3v) is 9.14. The van der Waals surface area contributed by atoms with Gasteiger partial charge in [-0.25, -0.2) is 0 Å². The molecule has 176 valence electrons. The van der Waals surface area contributed by atoms with Gasteiger partial charge in [0.25, 0.3) is 0 Å². The molecule has 1 saturated heterocycles. The monoisotopic (exact) mass is 449 g/mol. The summed E-state index contributed by atoms with van der Waals surface area (Å²) in [4.78, 5) is 2.78. The van der Waals surface area contributed by atoms with E-state index < -0.39 is 0 Å². The zero-order chi connectivity index (χ0) is 23.1. The quantitative estimate of drug-likeness (QED) is 0.361. The molecular weight excluding hydrogens is 410 g/mol. The molecule has 0 N–H and O–H groups in total. The van der Waals surface area contributed by atoms with Crippen molar-refractivity contribution in [3.63, 3.8) is 0 Å². The van der Waals surface area contributed by atoms with Gasteiger partial charge in [0, 0.05) is 13.1 Å². The van der Waals surface area contributed by atoms with E-state index >= 15 is 0 Å². The molecule has 3 aromatic carbocycles. The number of aryl methyl sites for hydroxylation is 3. The molecule has 2 aliphatic carbocycles. The minimum atomic E-state index is 0.724. The fraction of sp³-hybridized carbons (Fsp3) is 0.455. The zero-order valence-corrected chi connectivity index (χ0v) is 21.1. The Morgan fingerprint density at radius 1 is 0.824 bits per heavy atom. The molecule has 1 aliphatic heterocycles. The van der Waals surface area contributed by atoms with Crippen LogP contribution in [0, 0.1) is 12.3 Å². The van der Waals surface area contributed by atoms with Gasteiger partial charge in [0.2, 0.25) is 0 Å². The van der Waals surface area contributed by atoms with E-state index in [1.54, 1.807) is 27.8 Å². The highest BCUT2D eigenvalue weighted by Gasteiger charge is 2.47. The predicted octanol–water partition coefficient (Wildman–Crippen LogP) is 7.48. The molecule has 0 unspecified atom stereocenters. The lowest BCUT2D eigenvalue weighted by Crippen LogP contribution is -2.22. The van der Waals surface area contributed by atoms with E-state index in [0.717, 1.165) is 18.3 Å². The predicted molar refractivity (Wildman–Crippen MR) is 143 cm³/mol. The summed E-state index contributed by atoms with van der Waals surface area (Å²) in [5, 5.41) is 0. The smallest absolute Gasteiger partial charge is 0.0239 e. The van der Waals surface area contributed by atoms with E-state index in [9.17, 15) is 0 Å². The van der Waals surface area contributed by atoms with Gasteiger partial charge in [-0.1, -0.05) is 61.5 Å². The molecule has 2 fully saturated rings. The molecule has 0 bridgehead atoms. The van der Waals surface area contributed by atoms with Gasteiger partial charge in [0.15, 0.2) is 0 Å². The zero-order valence-electron chi connectivity index (χ0n) is 21.1. The highest BCUT2D eigenvalue weighted by atomic mass is 15.2. The van der Waals surface area contributed by atoms with Gasteiger partial charge in [0.1, 0.15) is 0 Å². The van der Waals surface area contributed by atoms with E-state index in [1.165, 1.54) is 86.8 Å². The first-order valence-corrected chi connectivity index (χ1v) is 13.7. The summed E-state index contributed by atoms with van der Waals surface area (Å²) in [7, 11) is 0. The normalized spacial score (nSPS) is 18.5. The first-order chi connectivity index (χ1) is 16.7.